The lowest BCUT2D eigenvalue weighted by molar-refractivity contribution is -0.138. The average Bonchev–Trinajstić information content (AvgIpc) is 2.59. The van der Waals surface area contributed by atoms with Crippen LogP contribution in [0.25, 0.3) is 0 Å². The molecule has 0 unspecified atom stereocenters. The van der Waals surface area contributed by atoms with E-state index >= 15 is 0 Å². The number of halogens is 5. The lowest BCUT2D eigenvalue weighted by Crippen LogP contribution is -2.23. The molecule has 1 amide bonds. The fourth-order valence-corrected chi connectivity index (χ4v) is 2.26. The van der Waals surface area contributed by atoms with Gasteiger partial charge in [0.15, 0.2) is 0 Å². The van der Waals surface area contributed by atoms with Crippen LogP contribution in [0.5, 0.6) is 0 Å². The third kappa shape index (κ3) is 6.65. The van der Waals surface area contributed by atoms with Gasteiger partial charge in [0.05, 0.1) is 11.3 Å². The Labute approximate surface area is 169 Å². The summed E-state index contributed by atoms with van der Waals surface area (Å²) in [6.07, 6.45) is -5.29. The third-order valence-corrected chi connectivity index (χ3v) is 3.62. The van der Waals surface area contributed by atoms with Crippen LogP contribution < -0.4 is 16.4 Å². The topological polar surface area (TPSA) is 89.3 Å². The minimum Gasteiger partial charge on any atom is -0.446 e. The lowest BCUT2D eigenvalue weighted by Gasteiger charge is -2.15. The number of nitrogens with one attached hydrogen (secondary N) is 2. The molecule has 11 heteroatoms. The Morgan fingerprint density at radius 1 is 1.21 bits per heavy atom. The minimum atomic E-state index is -4.46. The molecular formula is C17H17Cl2F3N4O2. The van der Waals surface area contributed by atoms with Crippen molar-refractivity contribution in [1.29, 1.82) is 0 Å². The van der Waals surface area contributed by atoms with Gasteiger partial charge in [-0.25, -0.2) is 9.78 Å². The zero-order chi connectivity index (χ0) is 20.9. The van der Waals surface area contributed by atoms with Crippen molar-refractivity contribution < 1.29 is 22.7 Å². The van der Waals surface area contributed by atoms with Gasteiger partial charge in [-0.15, -0.1) is 0 Å². The minimum absolute atomic E-state index is 0.0504. The predicted octanol–water partition coefficient (Wildman–Crippen LogP) is 5.04. The van der Waals surface area contributed by atoms with Crippen molar-refractivity contribution in [3.63, 3.8) is 0 Å². The summed E-state index contributed by atoms with van der Waals surface area (Å²) in [5, 5.41) is 5.14. The van der Waals surface area contributed by atoms with E-state index in [9.17, 15) is 18.0 Å². The molecule has 6 nitrogen and oxygen atoms in total. The predicted molar refractivity (Wildman–Crippen MR) is 103 cm³/mol. The second-order valence-electron chi connectivity index (χ2n) is 5.91. The number of rotatable bonds is 6. The van der Waals surface area contributed by atoms with Crippen molar-refractivity contribution in [1.82, 2.24) is 4.98 Å². The standard InChI is InChI=1S/C17H17Cl2F3N4O2/c1-16(18,19)9-28-15(27)25-12-6-7-13(26-14(12)23)24-8-10-4-2-3-5-11(10)17(20,21)22/h2-7H,8-9H2,1H3,(H,25,27)(H3,23,24,26). The van der Waals surface area contributed by atoms with Gasteiger partial charge in [-0.1, -0.05) is 41.4 Å². The number of hydrogen-bond donors (Lipinski definition) is 3. The molecule has 2 rings (SSSR count). The second kappa shape index (κ2) is 8.74. The monoisotopic (exact) mass is 436 g/mol. The smallest absolute Gasteiger partial charge is 0.416 e. The number of carbonyl (C=O) groups is 1. The normalized spacial score (nSPS) is 11.8. The van der Waals surface area contributed by atoms with E-state index in [-0.39, 0.29) is 36.0 Å². The van der Waals surface area contributed by atoms with Crippen molar-refractivity contribution in [2.24, 2.45) is 0 Å². The zero-order valence-corrected chi connectivity index (χ0v) is 16.1. The van der Waals surface area contributed by atoms with E-state index in [4.69, 9.17) is 33.7 Å². The van der Waals surface area contributed by atoms with Crippen LogP contribution in [0.4, 0.5) is 35.3 Å². The number of nitrogen functional groups attached to an aromatic ring is 1. The van der Waals surface area contributed by atoms with E-state index in [1.807, 2.05) is 0 Å². The summed E-state index contributed by atoms with van der Waals surface area (Å²) in [4.78, 5) is 15.7. The quantitative estimate of drug-likeness (QED) is 0.552. The van der Waals surface area contributed by atoms with E-state index < -0.39 is 22.2 Å². The summed E-state index contributed by atoms with van der Waals surface area (Å²) >= 11 is 11.4. The molecule has 0 atom stereocenters. The molecule has 0 radical (unpaired) electrons. The molecular weight excluding hydrogens is 420 g/mol. The molecule has 0 aliphatic carbocycles. The van der Waals surface area contributed by atoms with Gasteiger partial charge in [0, 0.05) is 6.54 Å². The van der Waals surface area contributed by atoms with Crippen LogP contribution in [0, 0.1) is 0 Å². The van der Waals surface area contributed by atoms with Crippen LogP contribution in [-0.2, 0) is 17.5 Å². The molecule has 0 aliphatic rings. The van der Waals surface area contributed by atoms with Gasteiger partial charge in [0.25, 0.3) is 0 Å². The Morgan fingerprint density at radius 2 is 1.89 bits per heavy atom. The highest BCUT2D eigenvalue weighted by Gasteiger charge is 2.32. The van der Waals surface area contributed by atoms with Gasteiger partial charge in [-0.05, 0) is 30.7 Å². The number of nitrogens with two attached hydrogens (primary N) is 1. The summed E-state index contributed by atoms with van der Waals surface area (Å²) in [6.45, 7) is 1.10. The molecule has 0 saturated heterocycles. The van der Waals surface area contributed by atoms with Crippen LogP contribution in [-0.4, -0.2) is 22.0 Å². The summed E-state index contributed by atoms with van der Waals surface area (Å²) < 4.78 is 42.6. The first-order valence-electron chi connectivity index (χ1n) is 7.93. The fraction of sp³-hybridized carbons (Fsp3) is 0.294. The molecule has 0 fully saturated rings. The number of ether oxygens (including phenoxy) is 1. The van der Waals surface area contributed by atoms with E-state index in [1.165, 1.54) is 37.3 Å². The molecule has 152 valence electrons. The van der Waals surface area contributed by atoms with Crippen LogP contribution >= 0.6 is 23.2 Å². The van der Waals surface area contributed by atoms with E-state index in [0.717, 1.165) is 6.07 Å². The number of aromatic nitrogens is 1. The summed E-state index contributed by atoms with van der Waals surface area (Å²) in [5.74, 6) is 0.188. The number of benzene rings is 1. The number of carbonyl (C=O) groups excluding carboxylic acids is 1. The second-order valence-corrected chi connectivity index (χ2v) is 7.77. The maximum atomic E-state index is 13.0. The Bertz CT molecular complexity index is 842. The molecule has 28 heavy (non-hydrogen) atoms. The maximum absolute atomic E-state index is 13.0. The van der Waals surface area contributed by atoms with Crippen LogP contribution in [0.2, 0.25) is 0 Å². The van der Waals surface area contributed by atoms with Crippen molar-refractivity contribution >= 4 is 46.6 Å². The van der Waals surface area contributed by atoms with Crippen molar-refractivity contribution in [2.75, 3.05) is 23.0 Å². The lowest BCUT2D eigenvalue weighted by atomic mass is 10.1. The summed E-state index contributed by atoms with van der Waals surface area (Å²) in [7, 11) is 0. The van der Waals surface area contributed by atoms with Crippen LogP contribution in [0.3, 0.4) is 0 Å². The first kappa shape index (κ1) is 21.9. The number of hydrogen-bond acceptors (Lipinski definition) is 5. The molecule has 1 aromatic heterocycles. The Balaban J connectivity index is 2.01. The van der Waals surface area contributed by atoms with Gasteiger partial charge in [-0.3, -0.25) is 5.32 Å². The van der Waals surface area contributed by atoms with Crippen LogP contribution in [0.1, 0.15) is 18.1 Å². The summed E-state index contributed by atoms with van der Waals surface area (Å²) in [5.41, 5.74) is 5.26. The van der Waals surface area contributed by atoms with Gasteiger partial charge in [0.2, 0.25) is 0 Å². The molecule has 0 bridgehead atoms. The molecule has 0 saturated carbocycles. The summed E-state index contributed by atoms with van der Waals surface area (Å²) in [6, 6.07) is 8.09. The van der Waals surface area contributed by atoms with E-state index in [1.54, 1.807) is 0 Å². The first-order valence-corrected chi connectivity index (χ1v) is 8.68. The maximum Gasteiger partial charge on any atom is 0.416 e. The Morgan fingerprint density at radius 3 is 2.50 bits per heavy atom. The number of anilines is 3. The van der Waals surface area contributed by atoms with Crippen molar-refractivity contribution in [3.05, 3.63) is 47.5 Å². The van der Waals surface area contributed by atoms with Crippen molar-refractivity contribution in [3.8, 4) is 0 Å². The molecule has 1 heterocycles. The number of pyridine rings is 1. The number of amides is 1. The Hall–Kier alpha value is -2.39. The van der Waals surface area contributed by atoms with E-state index in [2.05, 4.69) is 15.6 Å². The van der Waals surface area contributed by atoms with Gasteiger partial charge >= 0.3 is 12.3 Å². The molecule has 2 aromatic rings. The Kier molecular flexibility index (Phi) is 6.84. The first-order chi connectivity index (χ1) is 13.0. The third-order valence-electron chi connectivity index (χ3n) is 3.40. The molecule has 0 aliphatic heterocycles. The van der Waals surface area contributed by atoms with Crippen molar-refractivity contribution in [2.45, 2.75) is 24.0 Å². The number of nitrogens with zero attached hydrogens (tertiary/aromatic N) is 1. The highest BCUT2D eigenvalue weighted by atomic mass is 35.5. The molecule has 4 N–H and O–H groups in total. The average molecular weight is 437 g/mol. The number of alkyl halides is 5. The fourth-order valence-electron chi connectivity index (χ4n) is 2.15. The highest BCUT2D eigenvalue weighted by molar-refractivity contribution is 6.48. The van der Waals surface area contributed by atoms with E-state index in [0.29, 0.717) is 0 Å². The van der Waals surface area contributed by atoms with Crippen LogP contribution in [0.15, 0.2) is 36.4 Å². The largest absolute Gasteiger partial charge is 0.446 e. The van der Waals surface area contributed by atoms with Gasteiger partial charge in [-0.2, -0.15) is 13.2 Å². The highest BCUT2D eigenvalue weighted by Crippen LogP contribution is 2.32. The van der Waals surface area contributed by atoms with Gasteiger partial charge in [0.1, 0.15) is 22.6 Å². The van der Waals surface area contributed by atoms with Gasteiger partial charge < -0.3 is 15.8 Å². The molecule has 1 aromatic carbocycles. The SMILES string of the molecule is CC(Cl)(Cl)COC(=O)Nc1ccc(NCc2ccccc2C(F)(F)F)nc1N. The molecule has 0 spiro atoms. The zero-order valence-electron chi connectivity index (χ0n) is 14.6.